The van der Waals surface area contributed by atoms with Gasteiger partial charge < -0.3 is 5.32 Å². The maximum absolute atomic E-state index is 13.4. The van der Waals surface area contributed by atoms with Gasteiger partial charge in [-0.2, -0.15) is 0 Å². The molecule has 104 valence electrons. The molecule has 0 radical (unpaired) electrons. The minimum Gasteiger partial charge on any atom is -0.351 e. The lowest BCUT2D eigenvalue weighted by Gasteiger charge is -2.10. The van der Waals surface area contributed by atoms with E-state index in [0.717, 1.165) is 18.2 Å². The second kappa shape index (κ2) is 6.37. The van der Waals surface area contributed by atoms with Gasteiger partial charge in [0.2, 0.25) is 0 Å². The number of nitrogens with one attached hydrogen (secondary N) is 1. The van der Waals surface area contributed by atoms with Crippen LogP contribution in [0.5, 0.6) is 0 Å². The molecule has 2 unspecified atom stereocenters. The maximum Gasteiger partial charge on any atom is 0.270 e. The zero-order valence-electron chi connectivity index (χ0n) is 10.4. The first-order valence-electron chi connectivity index (χ1n) is 5.37. The zero-order chi connectivity index (χ0) is 14.6. The molecule has 0 saturated carbocycles. The summed E-state index contributed by atoms with van der Waals surface area (Å²) in [6.45, 7) is 1.77. The summed E-state index contributed by atoms with van der Waals surface area (Å²) in [6.07, 6.45) is 1.49. The van der Waals surface area contributed by atoms with Crippen molar-refractivity contribution in [3.63, 3.8) is 0 Å². The maximum atomic E-state index is 13.4. The molecule has 2 atom stereocenters. The number of nitro benzene ring substituents is 1. The van der Waals surface area contributed by atoms with Crippen LogP contribution in [0.15, 0.2) is 18.2 Å². The third-order valence-corrected chi connectivity index (χ3v) is 3.82. The molecular formula is C11H13FN2O4S. The van der Waals surface area contributed by atoms with Gasteiger partial charge in [0.1, 0.15) is 5.82 Å². The third kappa shape index (κ3) is 4.09. The highest BCUT2D eigenvalue weighted by Gasteiger charge is 2.17. The number of amides is 1. The summed E-state index contributed by atoms with van der Waals surface area (Å²) < 4.78 is 24.5. The fourth-order valence-corrected chi connectivity index (χ4v) is 1.57. The van der Waals surface area contributed by atoms with Gasteiger partial charge in [-0.25, -0.2) is 4.39 Å². The molecule has 0 fully saturated rings. The zero-order valence-corrected chi connectivity index (χ0v) is 11.2. The van der Waals surface area contributed by atoms with Crippen LogP contribution in [0.1, 0.15) is 17.3 Å². The van der Waals surface area contributed by atoms with Gasteiger partial charge in [-0.15, -0.1) is 0 Å². The van der Waals surface area contributed by atoms with Crippen molar-refractivity contribution in [1.29, 1.82) is 0 Å². The molecule has 0 heterocycles. The molecule has 1 aromatic rings. The van der Waals surface area contributed by atoms with E-state index in [-0.39, 0.29) is 17.5 Å². The predicted molar refractivity (Wildman–Crippen MR) is 68.9 cm³/mol. The van der Waals surface area contributed by atoms with Crippen molar-refractivity contribution in [2.75, 3.05) is 12.8 Å². The number of non-ortho nitro benzene ring substituents is 1. The van der Waals surface area contributed by atoms with Crippen molar-refractivity contribution in [1.82, 2.24) is 5.32 Å². The molecule has 8 heteroatoms. The van der Waals surface area contributed by atoms with Crippen LogP contribution in [0, 0.1) is 15.9 Å². The minimum absolute atomic E-state index is 0.101. The van der Waals surface area contributed by atoms with Gasteiger partial charge in [0.15, 0.2) is 0 Å². The molecular weight excluding hydrogens is 275 g/mol. The first-order valence-corrected chi connectivity index (χ1v) is 6.99. The van der Waals surface area contributed by atoms with E-state index in [4.69, 9.17) is 0 Å². The van der Waals surface area contributed by atoms with Crippen LogP contribution >= 0.6 is 0 Å². The number of benzene rings is 1. The molecule has 19 heavy (non-hydrogen) atoms. The molecule has 1 rings (SSSR count). The topological polar surface area (TPSA) is 89.3 Å². The molecule has 0 saturated heterocycles. The summed E-state index contributed by atoms with van der Waals surface area (Å²) >= 11 is 0. The summed E-state index contributed by atoms with van der Waals surface area (Å²) in [5.41, 5.74) is -0.762. The summed E-state index contributed by atoms with van der Waals surface area (Å²) in [5.74, 6) is -1.60. The van der Waals surface area contributed by atoms with E-state index < -0.39 is 33.0 Å². The summed E-state index contributed by atoms with van der Waals surface area (Å²) in [7, 11) is -1.12. The average Bonchev–Trinajstić information content (AvgIpc) is 2.35. The normalized spacial score (nSPS) is 13.6. The van der Waals surface area contributed by atoms with E-state index in [1.807, 2.05) is 0 Å². The van der Waals surface area contributed by atoms with E-state index in [2.05, 4.69) is 5.32 Å². The van der Waals surface area contributed by atoms with Gasteiger partial charge in [-0.05, 0) is 13.0 Å². The Morgan fingerprint density at radius 2 is 2.21 bits per heavy atom. The molecule has 0 aromatic heterocycles. The fourth-order valence-electron chi connectivity index (χ4n) is 1.25. The van der Waals surface area contributed by atoms with Crippen LogP contribution in [0.3, 0.4) is 0 Å². The Labute approximate surface area is 111 Å². The van der Waals surface area contributed by atoms with E-state index in [1.165, 1.54) is 6.26 Å². The summed E-state index contributed by atoms with van der Waals surface area (Å²) in [5, 5.41) is 12.7. The Bertz CT molecular complexity index is 535. The Balaban J connectivity index is 2.84. The number of carbonyl (C=O) groups excluding carboxylic acids is 1. The molecule has 1 N–H and O–H groups in total. The highest BCUT2D eigenvalue weighted by Crippen LogP contribution is 2.16. The number of halogens is 1. The van der Waals surface area contributed by atoms with Gasteiger partial charge in [0.25, 0.3) is 11.6 Å². The van der Waals surface area contributed by atoms with E-state index in [1.54, 1.807) is 6.92 Å². The molecule has 0 bridgehead atoms. The molecule has 0 aliphatic rings. The summed E-state index contributed by atoms with van der Waals surface area (Å²) in [6, 6.07) is 2.72. The molecule has 1 amide bonds. The number of hydrogen-bond donors (Lipinski definition) is 1. The Kier molecular flexibility index (Phi) is 5.11. The number of rotatable bonds is 5. The van der Waals surface area contributed by atoms with Gasteiger partial charge in [0, 0.05) is 41.0 Å². The van der Waals surface area contributed by atoms with Crippen LogP contribution in [-0.4, -0.2) is 33.1 Å². The van der Waals surface area contributed by atoms with Crippen LogP contribution < -0.4 is 5.32 Å². The number of nitrogens with zero attached hydrogens (tertiary/aromatic N) is 1. The second-order valence-electron chi connectivity index (χ2n) is 3.94. The fraction of sp³-hybridized carbons (Fsp3) is 0.364. The largest absolute Gasteiger partial charge is 0.351 e. The quantitative estimate of drug-likeness (QED) is 0.652. The van der Waals surface area contributed by atoms with Crippen molar-refractivity contribution in [3.05, 3.63) is 39.7 Å². The Hall–Kier alpha value is -1.83. The smallest absolute Gasteiger partial charge is 0.270 e. The van der Waals surface area contributed by atoms with Crippen LogP contribution in [-0.2, 0) is 10.8 Å². The Morgan fingerprint density at radius 3 is 2.74 bits per heavy atom. The lowest BCUT2D eigenvalue weighted by molar-refractivity contribution is -0.384. The first-order chi connectivity index (χ1) is 8.82. The van der Waals surface area contributed by atoms with Crippen molar-refractivity contribution < 1.29 is 18.3 Å². The number of carbonyl (C=O) groups is 1. The molecule has 6 nitrogen and oxygen atoms in total. The van der Waals surface area contributed by atoms with Gasteiger partial charge in [-0.1, -0.05) is 0 Å². The van der Waals surface area contributed by atoms with Crippen molar-refractivity contribution in [3.8, 4) is 0 Å². The lowest BCUT2D eigenvalue weighted by Crippen LogP contribution is -2.33. The van der Waals surface area contributed by atoms with E-state index in [0.29, 0.717) is 0 Å². The van der Waals surface area contributed by atoms with E-state index >= 15 is 0 Å². The molecule has 0 aliphatic carbocycles. The predicted octanol–water partition coefficient (Wildman–Crippen LogP) is 1.23. The van der Waals surface area contributed by atoms with Crippen LogP contribution in [0.2, 0.25) is 0 Å². The van der Waals surface area contributed by atoms with Gasteiger partial charge in [0.05, 0.1) is 10.5 Å². The van der Waals surface area contributed by atoms with E-state index in [9.17, 15) is 23.5 Å². The van der Waals surface area contributed by atoms with Crippen molar-refractivity contribution in [2.45, 2.75) is 12.2 Å². The molecule has 0 spiro atoms. The number of nitro groups is 1. The van der Waals surface area contributed by atoms with Gasteiger partial charge in [-0.3, -0.25) is 19.1 Å². The number of hydrogen-bond acceptors (Lipinski definition) is 4. The third-order valence-electron chi connectivity index (χ3n) is 2.52. The van der Waals surface area contributed by atoms with Gasteiger partial charge >= 0.3 is 0 Å². The monoisotopic (exact) mass is 288 g/mol. The first kappa shape index (κ1) is 15.2. The molecule has 0 aliphatic heterocycles. The highest BCUT2D eigenvalue weighted by atomic mass is 32.2. The van der Waals surface area contributed by atoms with Crippen molar-refractivity contribution >= 4 is 22.4 Å². The average molecular weight is 288 g/mol. The SMILES string of the molecule is CC(CNC(=O)c1cc([N+](=O)[O-])ccc1F)S(C)=O. The minimum atomic E-state index is -1.12. The summed E-state index contributed by atoms with van der Waals surface area (Å²) in [4.78, 5) is 21.5. The standard InChI is InChI=1S/C11H13FN2O4S/c1-7(19(2)18)6-13-11(15)9-5-8(14(16)17)3-4-10(9)12/h3-5,7H,6H2,1-2H3,(H,13,15). The van der Waals surface area contributed by atoms with Crippen molar-refractivity contribution in [2.24, 2.45) is 0 Å². The second-order valence-corrected chi connectivity index (χ2v) is 5.74. The highest BCUT2D eigenvalue weighted by molar-refractivity contribution is 7.84. The Morgan fingerprint density at radius 1 is 1.58 bits per heavy atom. The van der Waals surface area contributed by atoms with Crippen LogP contribution in [0.4, 0.5) is 10.1 Å². The van der Waals surface area contributed by atoms with Crippen LogP contribution in [0.25, 0.3) is 0 Å². The lowest BCUT2D eigenvalue weighted by atomic mass is 10.1. The molecule has 1 aromatic carbocycles.